The summed E-state index contributed by atoms with van der Waals surface area (Å²) < 4.78 is 9.92. The minimum absolute atomic E-state index is 0.0231. The predicted molar refractivity (Wildman–Crippen MR) is 118 cm³/mol. The van der Waals surface area contributed by atoms with E-state index in [4.69, 9.17) is 4.74 Å². The number of carbonyl (C=O) groups excluding carboxylic acids is 1. The molecule has 1 unspecified atom stereocenters. The van der Waals surface area contributed by atoms with Gasteiger partial charge in [0.1, 0.15) is 0 Å². The molecule has 1 heterocycles. The van der Waals surface area contributed by atoms with Gasteiger partial charge in [0.15, 0.2) is 0 Å². The van der Waals surface area contributed by atoms with Crippen LogP contribution < -0.4 is 10.0 Å². The molecule has 156 valence electrons. The summed E-state index contributed by atoms with van der Waals surface area (Å²) in [5.41, 5.74) is 0.839. The molecule has 5 nitrogen and oxygen atoms in total. The van der Waals surface area contributed by atoms with E-state index in [0.717, 1.165) is 49.6 Å². The molecule has 0 radical (unpaired) electrons. The highest BCUT2D eigenvalue weighted by atomic mass is 32.2. The van der Waals surface area contributed by atoms with Crippen molar-refractivity contribution in [2.24, 2.45) is 5.92 Å². The Bertz CT molecular complexity index is 593. The van der Waals surface area contributed by atoms with Crippen LogP contribution in [-0.2, 0) is 4.74 Å². The molecule has 0 bridgehead atoms. The molecule has 1 saturated heterocycles. The molecular formula is C22H35N3O2S. The molecule has 1 aromatic rings. The van der Waals surface area contributed by atoms with Gasteiger partial charge < -0.3 is 15.0 Å². The Kier molecular flexibility index (Phi) is 8.49. The van der Waals surface area contributed by atoms with E-state index in [-0.39, 0.29) is 18.1 Å². The van der Waals surface area contributed by atoms with Gasteiger partial charge in [-0.25, -0.2) is 4.79 Å². The number of amides is 2. The van der Waals surface area contributed by atoms with Gasteiger partial charge >= 0.3 is 6.03 Å². The number of benzene rings is 1. The average molecular weight is 406 g/mol. The summed E-state index contributed by atoms with van der Waals surface area (Å²) in [5.74, 6) is 1.83. The average Bonchev–Trinajstić information content (AvgIpc) is 2.72. The van der Waals surface area contributed by atoms with Crippen LogP contribution in [0.25, 0.3) is 0 Å². The summed E-state index contributed by atoms with van der Waals surface area (Å²) in [7, 11) is 0. The first-order chi connectivity index (χ1) is 13.7. The molecule has 1 saturated carbocycles. The van der Waals surface area contributed by atoms with Gasteiger partial charge in [0, 0.05) is 24.0 Å². The molecule has 1 aliphatic heterocycles. The SMILES string of the molecule is CCSNC1CCCN(C(=O)Nc2ccccc2)[C@H]1COC1CCC(C)CC1. The van der Waals surface area contributed by atoms with E-state index >= 15 is 0 Å². The lowest BCUT2D eigenvalue weighted by Crippen LogP contribution is -2.58. The number of para-hydroxylation sites is 1. The van der Waals surface area contributed by atoms with Crippen molar-refractivity contribution in [2.45, 2.75) is 70.6 Å². The molecule has 0 spiro atoms. The molecule has 2 atom stereocenters. The summed E-state index contributed by atoms with van der Waals surface area (Å²) >= 11 is 1.73. The monoisotopic (exact) mass is 405 g/mol. The van der Waals surface area contributed by atoms with Crippen LogP contribution >= 0.6 is 11.9 Å². The summed E-state index contributed by atoms with van der Waals surface area (Å²) in [4.78, 5) is 15.0. The van der Waals surface area contributed by atoms with Crippen molar-refractivity contribution < 1.29 is 9.53 Å². The summed E-state index contributed by atoms with van der Waals surface area (Å²) in [6, 6.07) is 10.0. The van der Waals surface area contributed by atoms with Crippen LogP contribution in [0.15, 0.2) is 30.3 Å². The molecule has 1 aromatic carbocycles. The Morgan fingerprint density at radius 3 is 2.64 bits per heavy atom. The van der Waals surface area contributed by atoms with E-state index in [0.29, 0.717) is 12.7 Å². The van der Waals surface area contributed by atoms with Crippen LogP contribution in [0.1, 0.15) is 52.4 Å². The number of likely N-dealkylation sites (tertiary alicyclic amines) is 1. The fraction of sp³-hybridized carbons (Fsp3) is 0.682. The zero-order chi connectivity index (χ0) is 19.8. The molecule has 2 fully saturated rings. The molecule has 1 aliphatic carbocycles. The van der Waals surface area contributed by atoms with Crippen molar-refractivity contribution >= 4 is 23.7 Å². The Morgan fingerprint density at radius 2 is 1.93 bits per heavy atom. The maximum Gasteiger partial charge on any atom is 0.322 e. The zero-order valence-corrected chi connectivity index (χ0v) is 18.0. The third kappa shape index (κ3) is 6.13. The van der Waals surface area contributed by atoms with E-state index in [1.807, 2.05) is 35.2 Å². The molecular weight excluding hydrogens is 370 g/mol. The fourth-order valence-corrected chi connectivity index (χ4v) is 4.85. The highest BCUT2D eigenvalue weighted by Crippen LogP contribution is 2.27. The zero-order valence-electron chi connectivity index (χ0n) is 17.2. The molecule has 6 heteroatoms. The number of anilines is 1. The quantitative estimate of drug-likeness (QED) is 0.633. The molecule has 2 N–H and O–H groups in total. The van der Waals surface area contributed by atoms with Gasteiger partial charge in [-0.2, -0.15) is 0 Å². The normalized spacial score (nSPS) is 28.1. The van der Waals surface area contributed by atoms with Gasteiger partial charge in [-0.05, 0) is 56.6 Å². The van der Waals surface area contributed by atoms with Gasteiger partial charge in [-0.3, -0.25) is 4.72 Å². The van der Waals surface area contributed by atoms with E-state index in [2.05, 4.69) is 23.9 Å². The van der Waals surface area contributed by atoms with E-state index in [1.165, 1.54) is 12.8 Å². The second-order valence-corrected chi connectivity index (χ2v) is 9.17. The first-order valence-electron chi connectivity index (χ1n) is 10.8. The summed E-state index contributed by atoms with van der Waals surface area (Å²) in [6.07, 6.45) is 7.23. The van der Waals surface area contributed by atoms with Gasteiger partial charge in [0.25, 0.3) is 0 Å². The summed E-state index contributed by atoms with van der Waals surface area (Å²) in [6.45, 7) is 5.87. The number of hydrogen-bond donors (Lipinski definition) is 2. The van der Waals surface area contributed by atoms with Crippen molar-refractivity contribution in [2.75, 3.05) is 24.2 Å². The molecule has 2 aliphatic rings. The highest BCUT2D eigenvalue weighted by Gasteiger charge is 2.35. The van der Waals surface area contributed by atoms with Crippen LogP contribution in [-0.4, -0.2) is 48.0 Å². The van der Waals surface area contributed by atoms with Crippen molar-refractivity contribution in [3.63, 3.8) is 0 Å². The number of urea groups is 1. The first-order valence-corrected chi connectivity index (χ1v) is 11.8. The Balaban J connectivity index is 1.63. The molecule has 28 heavy (non-hydrogen) atoms. The molecule has 2 amide bonds. The smallest absolute Gasteiger partial charge is 0.322 e. The second kappa shape index (κ2) is 11.1. The molecule has 0 aromatic heterocycles. The Morgan fingerprint density at radius 1 is 1.18 bits per heavy atom. The minimum Gasteiger partial charge on any atom is -0.376 e. The Hall–Kier alpha value is -1.24. The van der Waals surface area contributed by atoms with Crippen LogP contribution in [0.2, 0.25) is 0 Å². The number of rotatable bonds is 7. The lowest BCUT2D eigenvalue weighted by atomic mass is 9.89. The fourth-order valence-electron chi connectivity index (χ4n) is 4.19. The largest absolute Gasteiger partial charge is 0.376 e. The van der Waals surface area contributed by atoms with E-state index in [9.17, 15) is 4.79 Å². The second-order valence-electron chi connectivity index (χ2n) is 8.07. The van der Waals surface area contributed by atoms with Crippen molar-refractivity contribution in [3.05, 3.63) is 30.3 Å². The van der Waals surface area contributed by atoms with Crippen LogP contribution in [0.4, 0.5) is 10.5 Å². The summed E-state index contributed by atoms with van der Waals surface area (Å²) in [5, 5.41) is 3.06. The van der Waals surface area contributed by atoms with Crippen LogP contribution in [0, 0.1) is 5.92 Å². The number of ether oxygens (including phenoxy) is 1. The van der Waals surface area contributed by atoms with Crippen molar-refractivity contribution in [1.82, 2.24) is 9.62 Å². The van der Waals surface area contributed by atoms with Crippen LogP contribution in [0.3, 0.4) is 0 Å². The predicted octanol–water partition coefficient (Wildman–Crippen LogP) is 4.90. The maximum absolute atomic E-state index is 13.0. The van der Waals surface area contributed by atoms with Crippen molar-refractivity contribution in [3.8, 4) is 0 Å². The van der Waals surface area contributed by atoms with Crippen LogP contribution in [0.5, 0.6) is 0 Å². The topological polar surface area (TPSA) is 53.6 Å². The molecule has 3 rings (SSSR count). The lowest BCUT2D eigenvalue weighted by Gasteiger charge is -2.42. The van der Waals surface area contributed by atoms with Gasteiger partial charge in [-0.1, -0.05) is 44.0 Å². The van der Waals surface area contributed by atoms with Gasteiger partial charge in [0.2, 0.25) is 0 Å². The third-order valence-corrected chi connectivity index (χ3v) is 6.67. The number of nitrogens with one attached hydrogen (secondary N) is 2. The first kappa shape index (κ1) is 21.5. The highest BCUT2D eigenvalue weighted by molar-refractivity contribution is 7.97. The third-order valence-electron chi connectivity index (χ3n) is 5.91. The lowest BCUT2D eigenvalue weighted by molar-refractivity contribution is -0.0189. The number of hydrogen-bond acceptors (Lipinski definition) is 4. The van der Waals surface area contributed by atoms with Gasteiger partial charge in [0.05, 0.1) is 18.8 Å². The van der Waals surface area contributed by atoms with E-state index < -0.39 is 0 Å². The minimum atomic E-state index is -0.0231. The number of nitrogens with zero attached hydrogens (tertiary/aromatic N) is 1. The number of piperidine rings is 1. The maximum atomic E-state index is 13.0. The standard InChI is InChI=1S/C22H35N3O2S/c1-3-28-24-20-10-7-15-25(22(26)23-18-8-5-4-6-9-18)21(20)16-27-19-13-11-17(2)12-14-19/h4-6,8-9,17,19-21,24H,3,7,10-16H2,1-2H3,(H,23,26)/t17?,19?,20?,21-/m0/s1. The van der Waals surface area contributed by atoms with Crippen molar-refractivity contribution in [1.29, 1.82) is 0 Å². The van der Waals surface area contributed by atoms with Gasteiger partial charge in [-0.15, -0.1) is 0 Å². The number of carbonyl (C=O) groups is 1. The van der Waals surface area contributed by atoms with E-state index in [1.54, 1.807) is 11.9 Å². The Labute approximate surface area is 174 Å².